The molecule has 0 aromatic carbocycles. The zero-order valence-corrected chi connectivity index (χ0v) is 8.67. The summed E-state index contributed by atoms with van der Waals surface area (Å²) in [5, 5.41) is 21.5. The van der Waals surface area contributed by atoms with E-state index in [0.29, 0.717) is 0 Å². The quantitative estimate of drug-likeness (QED) is 0.489. The number of aliphatic hydroxyl groups is 2. The number of carbonyl (C=O) groups is 1. The third kappa shape index (κ3) is 3.44. The van der Waals surface area contributed by atoms with Crippen LogP contribution in [-0.4, -0.2) is 38.7 Å². The molecule has 1 aromatic rings. The fraction of sp³-hybridized carbons (Fsp3) is 0.444. The summed E-state index contributed by atoms with van der Waals surface area (Å²) in [6.45, 7) is 1.22. The van der Waals surface area contributed by atoms with Crippen LogP contribution in [0.4, 0.5) is 0 Å². The number of aromatic nitrogens is 2. The number of amides is 1. The summed E-state index contributed by atoms with van der Waals surface area (Å²) in [7, 11) is 0. The van der Waals surface area contributed by atoms with E-state index in [9.17, 15) is 19.8 Å². The molecule has 1 heterocycles. The maximum absolute atomic E-state index is 10.7. The number of aromatic amines is 1. The second kappa shape index (κ2) is 5.38. The van der Waals surface area contributed by atoms with Gasteiger partial charge in [0.15, 0.2) is 0 Å². The van der Waals surface area contributed by atoms with Gasteiger partial charge in [-0.05, 0) is 0 Å². The van der Waals surface area contributed by atoms with Crippen LogP contribution < -0.4 is 10.9 Å². The van der Waals surface area contributed by atoms with E-state index >= 15 is 0 Å². The number of nitrogens with one attached hydrogen (secondary N) is 2. The van der Waals surface area contributed by atoms with Crippen LogP contribution >= 0.6 is 0 Å². The highest BCUT2D eigenvalue weighted by Crippen LogP contribution is 2.11. The van der Waals surface area contributed by atoms with Gasteiger partial charge in [0.1, 0.15) is 12.2 Å². The number of H-pyrrole nitrogens is 1. The molecule has 0 fully saturated rings. The Morgan fingerprint density at radius 3 is 2.81 bits per heavy atom. The van der Waals surface area contributed by atoms with Gasteiger partial charge in [-0.1, -0.05) is 0 Å². The first-order valence-electron chi connectivity index (χ1n) is 4.66. The van der Waals surface area contributed by atoms with Crippen molar-refractivity contribution in [3.05, 3.63) is 28.4 Å². The number of hydrogen-bond donors (Lipinski definition) is 4. The Bertz CT molecular complexity index is 397. The van der Waals surface area contributed by atoms with Crippen molar-refractivity contribution in [1.29, 1.82) is 0 Å². The maximum atomic E-state index is 10.7. The first-order chi connectivity index (χ1) is 7.50. The maximum Gasteiger partial charge on any atom is 0.266 e. The van der Waals surface area contributed by atoms with E-state index in [-0.39, 0.29) is 18.1 Å². The van der Waals surface area contributed by atoms with Gasteiger partial charge < -0.3 is 20.5 Å². The first kappa shape index (κ1) is 12.3. The Morgan fingerprint density at radius 2 is 2.31 bits per heavy atom. The molecule has 0 bridgehead atoms. The highest BCUT2D eigenvalue weighted by atomic mass is 16.3. The standard InChI is InChI=1S/C9H13N3O4/c1-5(13)10-3-7(14)9(16)6-2-12-8(15)4-11-6/h2,4,7,9,14,16H,3H2,1H3,(H,10,13)(H,12,15). The van der Waals surface area contributed by atoms with E-state index in [1.165, 1.54) is 13.1 Å². The fourth-order valence-corrected chi connectivity index (χ4v) is 1.07. The zero-order chi connectivity index (χ0) is 12.1. The molecule has 7 nitrogen and oxygen atoms in total. The summed E-state index contributed by atoms with van der Waals surface area (Å²) in [4.78, 5) is 27.3. The van der Waals surface area contributed by atoms with Crippen molar-refractivity contribution in [2.24, 2.45) is 0 Å². The summed E-state index contributed by atoms with van der Waals surface area (Å²) in [6.07, 6.45) is -0.223. The summed E-state index contributed by atoms with van der Waals surface area (Å²) >= 11 is 0. The van der Waals surface area contributed by atoms with Gasteiger partial charge in [-0.2, -0.15) is 0 Å². The Balaban J connectivity index is 2.62. The fourth-order valence-electron chi connectivity index (χ4n) is 1.07. The van der Waals surface area contributed by atoms with Gasteiger partial charge in [0, 0.05) is 19.7 Å². The van der Waals surface area contributed by atoms with Crippen molar-refractivity contribution >= 4 is 5.91 Å². The molecule has 16 heavy (non-hydrogen) atoms. The lowest BCUT2D eigenvalue weighted by atomic mass is 10.1. The molecule has 2 atom stereocenters. The van der Waals surface area contributed by atoms with E-state index < -0.39 is 17.8 Å². The van der Waals surface area contributed by atoms with Gasteiger partial charge in [0.05, 0.1) is 11.9 Å². The van der Waals surface area contributed by atoms with Crippen molar-refractivity contribution in [2.45, 2.75) is 19.1 Å². The minimum atomic E-state index is -1.26. The molecule has 1 rings (SSSR count). The predicted molar refractivity (Wildman–Crippen MR) is 54.5 cm³/mol. The second-order valence-electron chi connectivity index (χ2n) is 3.29. The molecular weight excluding hydrogens is 214 g/mol. The van der Waals surface area contributed by atoms with Crippen molar-refractivity contribution in [3.8, 4) is 0 Å². The third-order valence-electron chi connectivity index (χ3n) is 1.92. The monoisotopic (exact) mass is 227 g/mol. The van der Waals surface area contributed by atoms with Crippen molar-refractivity contribution in [2.75, 3.05) is 6.54 Å². The summed E-state index contributed by atoms with van der Waals surface area (Å²) in [5.41, 5.74) is -0.259. The van der Waals surface area contributed by atoms with Gasteiger partial charge in [0.2, 0.25) is 5.91 Å². The van der Waals surface area contributed by atoms with Crippen LogP contribution in [0, 0.1) is 0 Å². The Kier molecular flexibility index (Phi) is 4.15. The molecule has 1 aromatic heterocycles. The van der Waals surface area contributed by atoms with E-state index in [1.807, 2.05) is 0 Å². The summed E-state index contributed by atoms with van der Waals surface area (Å²) < 4.78 is 0. The van der Waals surface area contributed by atoms with Crippen molar-refractivity contribution in [3.63, 3.8) is 0 Å². The molecule has 0 saturated carbocycles. The van der Waals surface area contributed by atoms with E-state index in [2.05, 4.69) is 15.3 Å². The molecule has 0 aliphatic rings. The topological polar surface area (TPSA) is 115 Å². The Labute approximate surface area is 91.2 Å². The summed E-state index contributed by atoms with van der Waals surface area (Å²) in [6, 6.07) is 0. The van der Waals surface area contributed by atoms with Crippen LogP contribution in [-0.2, 0) is 4.79 Å². The number of rotatable bonds is 4. The van der Waals surface area contributed by atoms with Gasteiger partial charge >= 0.3 is 0 Å². The molecule has 1 amide bonds. The van der Waals surface area contributed by atoms with Crippen LogP contribution in [0.5, 0.6) is 0 Å². The largest absolute Gasteiger partial charge is 0.388 e. The van der Waals surface area contributed by atoms with Crippen LogP contribution in [0.3, 0.4) is 0 Å². The number of carbonyl (C=O) groups excluding carboxylic acids is 1. The molecular formula is C9H13N3O4. The highest BCUT2D eigenvalue weighted by Gasteiger charge is 2.19. The van der Waals surface area contributed by atoms with Crippen LogP contribution in [0.25, 0.3) is 0 Å². The van der Waals surface area contributed by atoms with Crippen LogP contribution in [0.2, 0.25) is 0 Å². The molecule has 0 aliphatic heterocycles. The lowest BCUT2D eigenvalue weighted by Gasteiger charge is -2.16. The minimum absolute atomic E-state index is 0.0860. The molecule has 0 saturated heterocycles. The molecule has 4 N–H and O–H groups in total. The van der Waals surface area contributed by atoms with E-state index in [0.717, 1.165) is 6.20 Å². The minimum Gasteiger partial charge on any atom is -0.388 e. The number of nitrogens with zero attached hydrogens (tertiary/aromatic N) is 1. The highest BCUT2D eigenvalue weighted by molar-refractivity contribution is 5.72. The average molecular weight is 227 g/mol. The molecule has 2 unspecified atom stereocenters. The molecule has 0 spiro atoms. The lowest BCUT2D eigenvalue weighted by molar-refractivity contribution is -0.119. The van der Waals surface area contributed by atoms with E-state index in [4.69, 9.17) is 0 Å². The zero-order valence-electron chi connectivity index (χ0n) is 8.67. The SMILES string of the molecule is CC(=O)NCC(O)C(O)c1c[nH]c(=O)cn1. The van der Waals surface area contributed by atoms with Crippen molar-refractivity contribution < 1.29 is 15.0 Å². The van der Waals surface area contributed by atoms with Gasteiger partial charge in [-0.15, -0.1) is 0 Å². The predicted octanol–water partition coefficient (Wildman–Crippen LogP) is -1.70. The second-order valence-corrected chi connectivity index (χ2v) is 3.29. The smallest absolute Gasteiger partial charge is 0.266 e. The van der Waals surface area contributed by atoms with Crippen molar-refractivity contribution in [1.82, 2.24) is 15.3 Å². The van der Waals surface area contributed by atoms with Gasteiger partial charge in [-0.25, -0.2) is 0 Å². The lowest BCUT2D eigenvalue weighted by Crippen LogP contribution is -2.34. The Morgan fingerprint density at radius 1 is 1.62 bits per heavy atom. The van der Waals surface area contributed by atoms with Crippen LogP contribution in [0.1, 0.15) is 18.7 Å². The molecule has 88 valence electrons. The Hall–Kier alpha value is -1.73. The number of hydrogen-bond acceptors (Lipinski definition) is 5. The van der Waals surface area contributed by atoms with E-state index in [1.54, 1.807) is 0 Å². The van der Waals surface area contributed by atoms with Gasteiger partial charge in [-0.3, -0.25) is 14.6 Å². The third-order valence-corrected chi connectivity index (χ3v) is 1.92. The molecule has 0 aliphatic carbocycles. The average Bonchev–Trinajstić information content (AvgIpc) is 2.26. The molecule has 7 heteroatoms. The van der Waals surface area contributed by atoms with Gasteiger partial charge in [0.25, 0.3) is 5.56 Å². The molecule has 0 radical (unpaired) electrons. The van der Waals surface area contributed by atoms with Crippen LogP contribution in [0.15, 0.2) is 17.2 Å². The summed E-state index contributed by atoms with van der Waals surface area (Å²) in [5.74, 6) is -0.305. The first-order valence-corrected chi connectivity index (χ1v) is 4.66. The normalized spacial score (nSPS) is 14.2. The number of aliphatic hydroxyl groups excluding tert-OH is 2.